The van der Waals surface area contributed by atoms with Gasteiger partial charge >= 0.3 is 0 Å². The van der Waals surface area contributed by atoms with Crippen molar-refractivity contribution < 1.29 is 9.15 Å². The third-order valence-electron chi connectivity index (χ3n) is 3.88. The van der Waals surface area contributed by atoms with Gasteiger partial charge in [-0.1, -0.05) is 15.9 Å². The van der Waals surface area contributed by atoms with Crippen LogP contribution in [0.15, 0.2) is 39.4 Å². The van der Waals surface area contributed by atoms with Gasteiger partial charge in [-0.2, -0.15) is 0 Å². The number of nitrogens with one attached hydrogen (secondary N) is 1. The number of oxazole rings is 1. The fraction of sp³-hybridized carbons (Fsp3) is 0.471. The van der Waals surface area contributed by atoms with Crippen LogP contribution >= 0.6 is 15.9 Å². The number of rotatable bonds is 7. The molecule has 124 valence electrons. The summed E-state index contributed by atoms with van der Waals surface area (Å²) >= 11 is 3.43. The van der Waals surface area contributed by atoms with Gasteiger partial charge in [0.25, 0.3) is 0 Å². The Morgan fingerprint density at radius 3 is 2.74 bits per heavy atom. The molecule has 0 radical (unpaired) electrons. The van der Waals surface area contributed by atoms with Crippen LogP contribution in [0, 0.1) is 0 Å². The van der Waals surface area contributed by atoms with Gasteiger partial charge in [-0.3, -0.25) is 4.90 Å². The van der Waals surface area contributed by atoms with E-state index in [2.05, 4.69) is 31.1 Å². The third kappa shape index (κ3) is 5.14. The molecular formula is C17H22BrN3O2. The molecule has 0 spiro atoms. The molecule has 1 aliphatic heterocycles. The SMILES string of the molecule is Brc1ccc(-c2nc(CNCCCN3CCOCC3)co2)cc1. The van der Waals surface area contributed by atoms with E-state index in [0.29, 0.717) is 5.89 Å². The highest BCUT2D eigenvalue weighted by Gasteiger charge is 2.09. The van der Waals surface area contributed by atoms with Gasteiger partial charge < -0.3 is 14.5 Å². The van der Waals surface area contributed by atoms with Crippen molar-refractivity contribution in [2.24, 2.45) is 0 Å². The van der Waals surface area contributed by atoms with E-state index in [-0.39, 0.29) is 0 Å². The molecule has 0 atom stereocenters. The van der Waals surface area contributed by atoms with E-state index in [1.165, 1.54) is 0 Å². The van der Waals surface area contributed by atoms with Gasteiger partial charge in [-0.05, 0) is 43.8 Å². The number of hydrogen-bond donors (Lipinski definition) is 1. The van der Waals surface area contributed by atoms with Gasteiger partial charge in [0.1, 0.15) is 6.26 Å². The Morgan fingerprint density at radius 2 is 1.96 bits per heavy atom. The van der Waals surface area contributed by atoms with Gasteiger partial charge in [0.15, 0.2) is 0 Å². The first-order valence-corrected chi connectivity index (χ1v) is 8.82. The number of nitrogens with zero attached hydrogens (tertiary/aromatic N) is 2. The number of benzene rings is 1. The molecule has 2 heterocycles. The minimum absolute atomic E-state index is 0.669. The van der Waals surface area contributed by atoms with Crippen molar-refractivity contribution in [3.63, 3.8) is 0 Å². The van der Waals surface area contributed by atoms with Crippen molar-refractivity contribution >= 4 is 15.9 Å². The average Bonchev–Trinajstić information content (AvgIpc) is 3.05. The zero-order chi connectivity index (χ0) is 15.9. The molecule has 1 aromatic heterocycles. The fourth-order valence-electron chi connectivity index (χ4n) is 2.58. The zero-order valence-electron chi connectivity index (χ0n) is 13.1. The first-order chi connectivity index (χ1) is 11.3. The molecule has 5 nitrogen and oxygen atoms in total. The highest BCUT2D eigenvalue weighted by atomic mass is 79.9. The van der Waals surface area contributed by atoms with E-state index in [4.69, 9.17) is 9.15 Å². The summed E-state index contributed by atoms with van der Waals surface area (Å²) < 4.78 is 12.0. The minimum Gasteiger partial charge on any atom is -0.444 e. The van der Waals surface area contributed by atoms with E-state index in [1.807, 2.05) is 24.3 Å². The van der Waals surface area contributed by atoms with Crippen molar-refractivity contribution in [3.8, 4) is 11.5 Å². The van der Waals surface area contributed by atoms with Crippen LogP contribution in [0.4, 0.5) is 0 Å². The summed E-state index contributed by atoms with van der Waals surface area (Å²) in [6.45, 7) is 6.69. The maximum atomic E-state index is 5.55. The predicted octanol–water partition coefficient (Wildman–Crippen LogP) is 2.92. The van der Waals surface area contributed by atoms with Crippen LogP contribution in [-0.2, 0) is 11.3 Å². The highest BCUT2D eigenvalue weighted by molar-refractivity contribution is 9.10. The molecule has 1 fully saturated rings. The molecule has 6 heteroatoms. The summed E-state index contributed by atoms with van der Waals surface area (Å²) in [6, 6.07) is 7.97. The topological polar surface area (TPSA) is 50.5 Å². The average molecular weight is 380 g/mol. The first-order valence-electron chi connectivity index (χ1n) is 8.02. The molecule has 0 saturated carbocycles. The summed E-state index contributed by atoms with van der Waals surface area (Å²) in [6.07, 6.45) is 2.86. The fourth-order valence-corrected chi connectivity index (χ4v) is 2.85. The van der Waals surface area contributed by atoms with E-state index in [0.717, 1.165) is 68.1 Å². The Balaban J connectivity index is 1.38. The highest BCUT2D eigenvalue weighted by Crippen LogP contribution is 2.21. The standard InChI is InChI=1S/C17H22BrN3O2/c18-15-4-2-14(3-5-15)17-20-16(13-23-17)12-19-6-1-7-21-8-10-22-11-9-21/h2-5,13,19H,1,6-12H2. The van der Waals surface area contributed by atoms with Crippen molar-refractivity contribution in [1.82, 2.24) is 15.2 Å². The number of morpholine rings is 1. The maximum absolute atomic E-state index is 5.55. The Labute approximate surface area is 145 Å². The van der Waals surface area contributed by atoms with Crippen molar-refractivity contribution in [3.05, 3.63) is 40.7 Å². The molecule has 3 rings (SSSR count). The third-order valence-corrected chi connectivity index (χ3v) is 4.41. The first kappa shape index (κ1) is 16.6. The van der Waals surface area contributed by atoms with E-state index in [9.17, 15) is 0 Å². The van der Waals surface area contributed by atoms with Crippen LogP contribution in [0.5, 0.6) is 0 Å². The molecular weight excluding hydrogens is 358 g/mol. The molecule has 1 aromatic carbocycles. The Bertz CT molecular complexity index is 594. The van der Waals surface area contributed by atoms with Crippen LogP contribution in [0.1, 0.15) is 12.1 Å². The quantitative estimate of drug-likeness (QED) is 0.749. The van der Waals surface area contributed by atoms with Crippen molar-refractivity contribution in [2.75, 3.05) is 39.4 Å². The van der Waals surface area contributed by atoms with Gasteiger partial charge in [0.05, 0.1) is 18.9 Å². The summed E-state index contributed by atoms with van der Waals surface area (Å²) in [5, 5.41) is 3.43. The van der Waals surface area contributed by atoms with Gasteiger partial charge in [-0.15, -0.1) is 0 Å². The smallest absolute Gasteiger partial charge is 0.226 e. The molecule has 1 aliphatic rings. The molecule has 0 aliphatic carbocycles. The molecule has 23 heavy (non-hydrogen) atoms. The Hall–Kier alpha value is -1.21. The van der Waals surface area contributed by atoms with Crippen molar-refractivity contribution in [2.45, 2.75) is 13.0 Å². The van der Waals surface area contributed by atoms with Crippen molar-refractivity contribution in [1.29, 1.82) is 0 Å². The van der Waals surface area contributed by atoms with Gasteiger partial charge in [0.2, 0.25) is 5.89 Å². The van der Waals surface area contributed by atoms with E-state index in [1.54, 1.807) is 6.26 Å². The van der Waals surface area contributed by atoms with E-state index >= 15 is 0 Å². The molecule has 0 amide bonds. The lowest BCUT2D eigenvalue weighted by Crippen LogP contribution is -2.37. The second kappa shape index (κ2) is 8.59. The Kier molecular flexibility index (Phi) is 6.21. The van der Waals surface area contributed by atoms with Gasteiger partial charge in [0, 0.05) is 29.7 Å². The van der Waals surface area contributed by atoms with Crippen LogP contribution in [0.3, 0.4) is 0 Å². The number of ether oxygens (including phenoxy) is 1. The predicted molar refractivity (Wildman–Crippen MR) is 93.2 cm³/mol. The van der Waals surface area contributed by atoms with Crippen LogP contribution in [0.2, 0.25) is 0 Å². The minimum atomic E-state index is 0.669. The normalized spacial score (nSPS) is 15.9. The van der Waals surface area contributed by atoms with Crippen LogP contribution in [0.25, 0.3) is 11.5 Å². The molecule has 1 N–H and O–H groups in total. The molecule has 0 unspecified atom stereocenters. The lowest BCUT2D eigenvalue weighted by molar-refractivity contribution is 0.0374. The maximum Gasteiger partial charge on any atom is 0.226 e. The monoisotopic (exact) mass is 379 g/mol. The van der Waals surface area contributed by atoms with Gasteiger partial charge in [-0.25, -0.2) is 4.98 Å². The zero-order valence-corrected chi connectivity index (χ0v) is 14.7. The van der Waals surface area contributed by atoms with E-state index < -0.39 is 0 Å². The summed E-state index contributed by atoms with van der Waals surface area (Å²) in [4.78, 5) is 6.98. The number of aromatic nitrogens is 1. The van der Waals surface area contributed by atoms with Crippen LogP contribution < -0.4 is 5.32 Å². The lowest BCUT2D eigenvalue weighted by atomic mass is 10.2. The van der Waals surface area contributed by atoms with Crippen LogP contribution in [-0.4, -0.2) is 49.3 Å². The lowest BCUT2D eigenvalue weighted by Gasteiger charge is -2.26. The summed E-state index contributed by atoms with van der Waals surface area (Å²) in [5.41, 5.74) is 1.93. The second-order valence-corrected chi connectivity index (χ2v) is 6.55. The number of halogens is 1. The second-order valence-electron chi connectivity index (χ2n) is 5.64. The Morgan fingerprint density at radius 1 is 1.17 bits per heavy atom. The number of hydrogen-bond acceptors (Lipinski definition) is 5. The molecule has 0 bridgehead atoms. The summed E-state index contributed by atoms with van der Waals surface area (Å²) in [5.74, 6) is 0.669. The molecule has 2 aromatic rings. The molecule has 1 saturated heterocycles. The largest absolute Gasteiger partial charge is 0.444 e. The summed E-state index contributed by atoms with van der Waals surface area (Å²) in [7, 11) is 0.